The number of hydrogen-bond donors (Lipinski definition) is 2. The second-order valence-electron chi connectivity index (χ2n) is 4.21. The number of nitrogens with one attached hydrogen (secondary N) is 1. The number of methoxy groups -OCH3 is 1. The minimum Gasteiger partial charge on any atom is -0.495 e. The fourth-order valence-corrected chi connectivity index (χ4v) is 1.85. The molecular formula is C14H19N3O2. The first kappa shape index (κ1) is 15.0. The summed E-state index contributed by atoms with van der Waals surface area (Å²) in [6.07, 6.45) is 1.60. The minimum absolute atomic E-state index is 0.176. The van der Waals surface area contributed by atoms with E-state index in [1.807, 2.05) is 13.0 Å². The summed E-state index contributed by atoms with van der Waals surface area (Å²) >= 11 is 0. The first-order valence-electron chi connectivity index (χ1n) is 6.25. The predicted octanol–water partition coefficient (Wildman–Crippen LogP) is 1.88. The molecular weight excluding hydrogens is 242 g/mol. The lowest BCUT2D eigenvalue weighted by molar-refractivity contribution is -0.119. The van der Waals surface area contributed by atoms with Crippen molar-refractivity contribution >= 4 is 11.6 Å². The number of nitrogens with zero attached hydrogens (tertiary/aromatic N) is 1. The Hall–Kier alpha value is -2.06. The van der Waals surface area contributed by atoms with Crippen LogP contribution in [-0.2, 0) is 4.79 Å². The summed E-state index contributed by atoms with van der Waals surface area (Å²) in [5.41, 5.74) is 6.38. The second-order valence-corrected chi connectivity index (χ2v) is 4.21. The number of benzene rings is 1. The molecule has 1 atom stereocenters. The van der Waals surface area contributed by atoms with Crippen molar-refractivity contribution in [1.82, 2.24) is 0 Å². The van der Waals surface area contributed by atoms with Crippen molar-refractivity contribution in [2.45, 2.75) is 19.8 Å². The van der Waals surface area contributed by atoms with E-state index in [1.54, 1.807) is 18.2 Å². The van der Waals surface area contributed by atoms with Crippen LogP contribution >= 0.6 is 0 Å². The van der Waals surface area contributed by atoms with E-state index in [1.165, 1.54) is 7.11 Å². The number of anilines is 1. The van der Waals surface area contributed by atoms with Gasteiger partial charge in [0.2, 0.25) is 5.91 Å². The van der Waals surface area contributed by atoms with Crippen LogP contribution in [0.1, 0.15) is 25.3 Å². The van der Waals surface area contributed by atoms with Crippen molar-refractivity contribution in [1.29, 1.82) is 5.26 Å². The van der Waals surface area contributed by atoms with Gasteiger partial charge in [0.15, 0.2) is 0 Å². The highest BCUT2D eigenvalue weighted by atomic mass is 16.5. The van der Waals surface area contributed by atoms with Crippen LogP contribution in [0.3, 0.4) is 0 Å². The summed E-state index contributed by atoms with van der Waals surface area (Å²) in [5.74, 6) is 0.0477. The zero-order chi connectivity index (χ0) is 14.3. The van der Waals surface area contributed by atoms with Crippen LogP contribution in [0.15, 0.2) is 18.2 Å². The Morgan fingerprint density at radius 3 is 2.84 bits per heavy atom. The van der Waals surface area contributed by atoms with Crippen LogP contribution in [0.5, 0.6) is 5.75 Å². The first-order chi connectivity index (χ1) is 9.17. The molecule has 1 rings (SSSR count). The standard InChI is InChI=1S/C14H19N3O2/c1-3-5-11(9-16)14(18)17-13-10(8-15)6-4-7-12(13)19-2/h4,6-7,11H,3,5,9,16H2,1-2H3,(H,17,18). The topological polar surface area (TPSA) is 88.1 Å². The normalized spacial score (nSPS) is 11.5. The van der Waals surface area contributed by atoms with Gasteiger partial charge in [0.25, 0.3) is 0 Å². The monoisotopic (exact) mass is 261 g/mol. The van der Waals surface area contributed by atoms with Gasteiger partial charge in [-0.2, -0.15) is 5.26 Å². The lowest BCUT2D eigenvalue weighted by atomic mass is 10.0. The van der Waals surface area contributed by atoms with E-state index < -0.39 is 0 Å². The van der Waals surface area contributed by atoms with E-state index in [4.69, 9.17) is 15.7 Å². The minimum atomic E-state index is -0.249. The molecule has 0 saturated carbocycles. The first-order valence-corrected chi connectivity index (χ1v) is 6.25. The summed E-state index contributed by atoms with van der Waals surface area (Å²) in [4.78, 5) is 12.1. The molecule has 0 saturated heterocycles. The maximum absolute atomic E-state index is 12.1. The van der Waals surface area contributed by atoms with E-state index in [0.29, 0.717) is 17.0 Å². The molecule has 5 nitrogen and oxygen atoms in total. The van der Waals surface area contributed by atoms with Crippen LogP contribution in [0.2, 0.25) is 0 Å². The number of carbonyl (C=O) groups excluding carboxylic acids is 1. The Morgan fingerprint density at radius 1 is 1.58 bits per heavy atom. The Kier molecular flexibility index (Phi) is 5.83. The van der Waals surface area contributed by atoms with Crippen LogP contribution in [0, 0.1) is 17.2 Å². The zero-order valence-corrected chi connectivity index (χ0v) is 11.3. The van der Waals surface area contributed by atoms with Gasteiger partial charge < -0.3 is 15.8 Å². The molecule has 1 unspecified atom stereocenters. The highest BCUT2D eigenvalue weighted by Crippen LogP contribution is 2.28. The van der Waals surface area contributed by atoms with Crippen molar-refractivity contribution in [3.63, 3.8) is 0 Å². The predicted molar refractivity (Wildman–Crippen MR) is 73.8 cm³/mol. The lowest BCUT2D eigenvalue weighted by Crippen LogP contribution is -2.29. The fourth-order valence-electron chi connectivity index (χ4n) is 1.85. The average molecular weight is 261 g/mol. The van der Waals surface area contributed by atoms with Gasteiger partial charge >= 0.3 is 0 Å². The van der Waals surface area contributed by atoms with Gasteiger partial charge in [-0.3, -0.25) is 4.79 Å². The molecule has 0 fully saturated rings. The number of carbonyl (C=O) groups is 1. The maximum Gasteiger partial charge on any atom is 0.228 e. The second kappa shape index (κ2) is 7.39. The summed E-state index contributed by atoms with van der Waals surface area (Å²) in [6, 6.07) is 7.08. The van der Waals surface area contributed by atoms with E-state index in [-0.39, 0.29) is 18.4 Å². The quantitative estimate of drug-likeness (QED) is 0.818. The van der Waals surface area contributed by atoms with E-state index >= 15 is 0 Å². The van der Waals surface area contributed by atoms with E-state index in [9.17, 15) is 4.79 Å². The van der Waals surface area contributed by atoms with Crippen LogP contribution in [-0.4, -0.2) is 19.6 Å². The molecule has 1 amide bonds. The third kappa shape index (κ3) is 3.70. The molecule has 102 valence electrons. The molecule has 19 heavy (non-hydrogen) atoms. The number of nitrogens with two attached hydrogens (primary N) is 1. The maximum atomic E-state index is 12.1. The molecule has 1 aromatic rings. The summed E-state index contributed by atoms with van der Waals surface area (Å²) in [6.45, 7) is 2.29. The largest absolute Gasteiger partial charge is 0.495 e. The third-order valence-corrected chi connectivity index (χ3v) is 2.91. The van der Waals surface area contributed by atoms with Gasteiger partial charge in [0, 0.05) is 6.54 Å². The van der Waals surface area contributed by atoms with Gasteiger partial charge in [-0.15, -0.1) is 0 Å². The molecule has 0 aliphatic rings. The average Bonchev–Trinajstić information content (AvgIpc) is 2.44. The van der Waals surface area contributed by atoms with E-state index in [0.717, 1.165) is 12.8 Å². The molecule has 5 heteroatoms. The molecule has 0 aliphatic heterocycles. The molecule has 1 aromatic carbocycles. The summed E-state index contributed by atoms with van der Waals surface area (Å²) in [7, 11) is 1.50. The zero-order valence-electron chi connectivity index (χ0n) is 11.3. The Balaban J connectivity index is 2.98. The van der Waals surface area contributed by atoms with Gasteiger partial charge in [0.05, 0.1) is 18.6 Å². The summed E-state index contributed by atoms with van der Waals surface area (Å²) in [5, 5.41) is 11.8. The Morgan fingerprint density at radius 2 is 2.32 bits per heavy atom. The molecule has 0 bridgehead atoms. The molecule has 0 radical (unpaired) electrons. The van der Waals surface area contributed by atoms with Gasteiger partial charge in [-0.25, -0.2) is 0 Å². The molecule has 0 spiro atoms. The number of rotatable bonds is 6. The number of ether oxygens (including phenoxy) is 1. The molecule has 0 aromatic heterocycles. The van der Waals surface area contributed by atoms with Crippen molar-refractivity contribution in [2.75, 3.05) is 19.0 Å². The Labute approximate surface area is 113 Å². The highest BCUT2D eigenvalue weighted by molar-refractivity contribution is 5.95. The number of amides is 1. The van der Waals surface area contributed by atoms with Crippen LogP contribution in [0.4, 0.5) is 5.69 Å². The van der Waals surface area contributed by atoms with Gasteiger partial charge in [0.1, 0.15) is 17.5 Å². The molecule has 3 N–H and O–H groups in total. The fraction of sp³-hybridized carbons (Fsp3) is 0.429. The SMILES string of the molecule is CCCC(CN)C(=O)Nc1c(C#N)cccc1OC. The van der Waals surface area contributed by atoms with E-state index in [2.05, 4.69) is 5.32 Å². The van der Waals surface area contributed by atoms with Gasteiger partial charge in [-0.05, 0) is 18.6 Å². The van der Waals surface area contributed by atoms with Crippen molar-refractivity contribution in [3.05, 3.63) is 23.8 Å². The van der Waals surface area contributed by atoms with Crippen molar-refractivity contribution < 1.29 is 9.53 Å². The number of nitriles is 1. The lowest BCUT2D eigenvalue weighted by Gasteiger charge is -2.16. The Bertz CT molecular complexity index is 480. The molecule has 0 heterocycles. The molecule has 0 aliphatic carbocycles. The van der Waals surface area contributed by atoms with Crippen LogP contribution in [0.25, 0.3) is 0 Å². The van der Waals surface area contributed by atoms with Crippen molar-refractivity contribution in [2.24, 2.45) is 11.7 Å². The number of hydrogen-bond acceptors (Lipinski definition) is 4. The van der Waals surface area contributed by atoms with Gasteiger partial charge in [-0.1, -0.05) is 19.4 Å². The third-order valence-electron chi connectivity index (χ3n) is 2.91. The van der Waals surface area contributed by atoms with Crippen LogP contribution < -0.4 is 15.8 Å². The smallest absolute Gasteiger partial charge is 0.228 e. The van der Waals surface area contributed by atoms with Crippen molar-refractivity contribution in [3.8, 4) is 11.8 Å². The highest BCUT2D eigenvalue weighted by Gasteiger charge is 2.19. The summed E-state index contributed by atoms with van der Waals surface area (Å²) < 4.78 is 5.16. The number of para-hydroxylation sites is 1.